The summed E-state index contributed by atoms with van der Waals surface area (Å²) in [5, 5.41) is 2.88. The van der Waals surface area contributed by atoms with E-state index in [-0.39, 0.29) is 17.9 Å². The number of aromatic amines is 1. The van der Waals surface area contributed by atoms with Gasteiger partial charge in [0.2, 0.25) is 0 Å². The number of H-pyrrole nitrogens is 1. The monoisotopic (exact) mass is 351 g/mol. The van der Waals surface area contributed by atoms with E-state index in [1.165, 1.54) is 0 Å². The Morgan fingerprint density at radius 1 is 1.12 bits per heavy atom. The maximum absolute atomic E-state index is 12.1. The maximum atomic E-state index is 12.1. The number of para-hydroxylation sites is 3. The Bertz CT molecular complexity index is 860. The van der Waals surface area contributed by atoms with Crippen LogP contribution in [-0.4, -0.2) is 29.0 Å². The molecular formula is C21H25N3O2. The van der Waals surface area contributed by atoms with E-state index in [0.717, 1.165) is 28.2 Å². The molecule has 0 bridgehead atoms. The van der Waals surface area contributed by atoms with Crippen LogP contribution in [0.25, 0.3) is 11.0 Å². The third-order valence-electron chi connectivity index (χ3n) is 4.18. The van der Waals surface area contributed by atoms with Gasteiger partial charge in [0.1, 0.15) is 11.6 Å². The number of fused-ring (bicyclic) bond motifs is 1. The van der Waals surface area contributed by atoms with E-state index in [1.807, 2.05) is 48.5 Å². The van der Waals surface area contributed by atoms with E-state index in [0.29, 0.717) is 13.0 Å². The molecule has 0 saturated heterocycles. The lowest BCUT2D eigenvalue weighted by Crippen LogP contribution is -2.31. The van der Waals surface area contributed by atoms with Crippen LogP contribution in [0.3, 0.4) is 0 Å². The SMILES string of the molecule is CC(C)(C)c1ccccc1OCC(=O)NCCc1nc2ccccc2[nH]1. The first-order valence-electron chi connectivity index (χ1n) is 8.86. The zero-order valence-electron chi connectivity index (χ0n) is 15.5. The van der Waals surface area contributed by atoms with Crippen LogP contribution in [0.4, 0.5) is 0 Å². The molecule has 0 aliphatic rings. The molecule has 1 aromatic heterocycles. The number of ether oxygens (including phenoxy) is 1. The molecule has 0 aliphatic carbocycles. The van der Waals surface area contributed by atoms with Crippen molar-refractivity contribution in [2.24, 2.45) is 0 Å². The topological polar surface area (TPSA) is 67.0 Å². The number of rotatable bonds is 6. The number of nitrogens with one attached hydrogen (secondary N) is 2. The van der Waals surface area contributed by atoms with Crippen LogP contribution >= 0.6 is 0 Å². The van der Waals surface area contributed by atoms with Gasteiger partial charge in [-0.15, -0.1) is 0 Å². The number of carbonyl (C=O) groups excluding carboxylic acids is 1. The summed E-state index contributed by atoms with van der Waals surface area (Å²) in [4.78, 5) is 19.8. The average Bonchev–Trinajstić information content (AvgIpc) is 3.02. The van der Waals surface area contributed by atoms with E-state index in [1.54, 1.807) is 0 Å². The number of benzene rings is 2. The van der Waals surface area contributed by atoms with Crippen LogP contribution in [0.1, 0.15) is 32.2 Å². The van der Waals surface area contributed by atoms with Crippen LogP contribution in [-0.2, 0) is 16.6 Å². The molecule has 0 aliphatic heterocycles. The van der Waals surface area contributed by atoms with E-state index in [2.05, 4.69) is 36.1 Å². The van der Waals surface area contributed by atoms with Crippen molar-refractivity contribution >= 4 is 16.9 Å². The van der Waals surface area contributed by atoms with Gasteiger partial charge in [0, 0.05) is 13.0 Å². The maximum Gasteiger partial charge on any atom is 0.257 e. The first-order chi connectivity index (χ1) is 12.4. The molecule has 5 heteroatoms. The quantitative estimate of drug-likeness (QED) is 0.713. The Labute approximate surface area is 153 Å². The van der Waals surface area contributed by atoms with Crippen molar-refractivity contribution in [2.45, 2.75) is 32.6 Å². The number of hydrogen-bond acceptors (Lipinski definition) is 3. The van der Waals surface area contributed by atoms with Gasteiger partial charge in [-0.3, -0.25) is 4.79 Å². The molecule has 136 valence electrons. The summed E-state index contributed by atoms with van der Waals surface area (Å²) in [5.74, 6) is 1.49. The number of aromatic nitrogens is 2. The highest BCUT2D eigenvalue weighted by Gasteiger charge is 2.18. The van der Waals surface area contributed by atoms with Gasteiger partial charge in [0.25, 0.3) is 5.91 Å². The van der Waals surface area contributed by atoms with Crippen LogP contribution in [0.2, 0.25) is 0 Å². The molecule has 5 nitrogen and oxygen atoms in total. The first-order valence-corrected chi connectivity index (χ1v) is 8.86. The Balaban J connectivity index is 1.49. The summed E-state index contributed by atoms with van der Waals surface area (Å²) < 4.78 is 5.74. The molecule has 0 unspecified atom stereocenters. The summed E-state index contributed by atoms with van der Waals surface area (Å²) in [7, 11) is 0. The third kappa shape index (κ3) is 4.42. The van der Waals surface area contributed by atoms with Gasteiger partial charge in [-0.1, -0.05) is 51.1 Å². The second-order valence-corrected chi connectivity index (χ2v) is 7.34. The number of hydrogen-bond donors (Lipinski definition) is 2. The molecule has 2 N–H and O–H groups in total. The van der Waals surface area contributed by atoms with Gasteiger partial charge in [0.15, 0.2) is 6.61 Å². The predicted octanol–water partition coefficient (Wildman–Crippen LogP) is 3.60. The van der Waals surface area contributed by atoms with Gasteiger partial charge in [0.05, 0.1) is 11.0 Å². The smallest absolute Gasteiger partial charge is 0.257 e. The normalized spacial score (nSPS) is 11.5. The van der Waals surface area contributed by atoms with Crippen molar-refractivity contribution in [3.8, 4) is 5.75 Å². The molecule has 0 saturated carbocycles. The van der Waals surface area contributed by atoms with Crippen LogP contribution in [0.15, 0.2) is 48.5 Å². The van der Waals surface area contributed by atoms with Crippen molar-refractivity contribution < 1.29 is 9.53 Å². The minimum absolute atomic E-state index is 0.00717. The van der Waals surface area contributed by atoms with E-state index >= 15 is 0 Å². The minimum atomic E-state index is -0.134. The standard InChI is InChI=1S/C21H25N3O2/c1-21(2,3)15-8-4-7-11-18(15)26-14-20(25)22-13-12-19-23-16-9-5-6-10-17(16)24-19/h4-11H,12-14H2,1-3H3,(H,22,25)(H,23,24). The minimum Gasteiger partial charge on any atom is -0.483 e. The van der Waals surface area contributed by atoms with Crippen molar-refractivity contribution in [3.05, 3.63) is 59.9 Å². The largest absolute Gasteiger partial charge is 0.483 e. The number of imidazole rings is 1. The van der Waals surface area contributed by atoms with Crippen LogP contribution in [0.5, 0.6) is 5.75 Å². The Hall–Kier alpha value is -2.82. The van der Waals surface area contributed by atoms with E-state index < -0.39 is 0 Å². The first kappa shape index (κ1) is 18.0. The third-order valence-corrected chi connectivity index (χ3v) is 4.18. The van der Waals surface area contributed by atoms with Gasteiger partial charge in [-0.25, -0.2) is 4.98 Å². The lowest BCUT2D eigenvalue weighted by atomic mass is 9.86. The number of carbonyl (C=O) groups is 1. The van der Waals surface area contributed by atoms with Crippen LogP contribution < -0.4 is 10.1 Å². The highest BCUT2D eigenvalue weighted by Crippen LogP contribution is 2.30. The number of nitrogens with zero attached hydrogens (tertiary/aromatic N) is 1. The van der Waals surface area contributed by atoms with Crippen molar-refractivity contribution in [3.63, 3.8) is 0 Å². The average molecular weight is 351 g/mol. The number of amides is 1. The lowest BCUT2D eigenvalue weighted by molar-refractivity contribution is -0.123. The molecular weight excluding hydrogens is 326 g/mol. The summed E-state index contributed by atoms with van der Waals surface area (Å²) in [6, 6.07) is 15.7. The molecule has 2 aromatic carbocycles. The van der Waals surface area contributed by atoms with Gasteiger partial charge in [-0.05, 0) is 29.2 Å². The molecule has 3 rings (SSSR count). The summed E-state index contributed by atoms with van der Waals surface area (Å²) >= 11 is 0. The molecule has 1 heterocycles. The van der Waals surface area contributed by atoms with Crippen molar-refractivity contribution in [2.75, 3.05) is 13.2 Å². The van der Waals surface area contributed by atoms with E-state index in [4.69, 9.17) is 4.74 Å². The predicted molar refractivity (Wildman–Crippen MR) is 103 cm³/mol. The fourth-order valence-electron chi connectivity index (χ4n) is 2.85. The molecule has 1 amide bonds. The summed E-state index contributed by atoms with van der Waals surface area (Å²) in [6.45, 7) is 6.91. The van der Waals surface area contributed by atoms with Gasteiger partial charge < -0.3 is 15.0 Å². The second-order valence-electron chi connectivity index (χ2n) is 7.34. The lowest BCUT2D eigenvalue weighted by Gasteiger charge is -2.22. The molecule has 0 fully saturated rings. The summed E-state index contributed by atoms with van der Waals surface area (Å²) in [5.41, 5.74) is 3.01. The second kappa shape index (κ2) is 7.60. The molecule has 3 aromatic rings. The zero-order valence-corrected chi connectivity index (χ0v) is 15.5. The molecule has 26 heavy (non-hydrogen) atoms. The Morgan fingerprint density at radius 3 is 2.62 bits per heavy atom. The van der Waals surface area contributed by atoms with E-state index in [9.17, 15) is 4.79 Å². The Kier molecular flexibility index (Phi) is 5.26. The van der Waals surface area contributed by atoms with Gasteiger partial charge >= 0.3 is 0 Å². The fourth-order valence-corrected chi connectivity index (χ4v) is 2.85. The Morgan fingerprint density at radius 2 is 1.85 bits per heavy atom. The summed E-state index contributed by atoms with van der Waals surface area (Å²) in [6.07, 6.45) is 0.652. The van der Waals surface area contributed by atoms with Crippen LogP contribution in [0, 0.1) is 0 Å². The highest BCUT2D eigenvalue weighted by molar-refractivity contribution is 5.77. The zero-order chi connectivity index (χ0) is 18.6. The van der Waals surface area contributed by atoms with Crippen molar-refractivity contribution in [1.29, 1.82) is 0 Å². The van der Waals surface area contributed by atoms with Crippen molar-refractivity contribution in [1.82, 2.24) is 15.3 Å². The molecule has 0 spiro atoms. The molecule has 0 radical (unpaired) electrons. The highest BCUT2D eigenvalue weighted by atomic mass is 16.5. The van der Waals surface area contributed by atoms with Gasteiger partial charge in [-0.2, -0.15) is 0 Å². The fraction of sp³-hybridized carbons (Fsp3) is 0.333. The molecule has 0 atom stereocenters.